The molecule has 3 aromatic rings. The predicted molar refractivity (Wildman–Crippen MR) is 120 cm³/mol. The average molecular weight is 421 g/mol. The summed E-state index contributed by atoms with van der Waals surface area (Å²) in [4.78, 5) is 33.1. The topological polar surface area (TPSA) is 54.7 Å². The molecule has 2 aromatic carbocycles. The summed E-state index contributed by atoms with van der Waals surface area (Å²) >= 11 is 1.80. The van der Waals surface area contributed by atoms with Gasteiger partial charge in [-0.15, -0.1) is 11.3 Å². The van der Waals surface area contributed by atoms with Crippen molar-refractivity contribution in [2.45, 2.75) is 38.5 Å². The number of carbonyl (C=O) groups is 2. The van der Waals surface area contributed by atoms with E-state index in [9.17, 15) is 9.59 Å². The Morgan fingerprint density at radius 1 is 1.13 bits per heavy atom. The van der Waals surface area contributed by atoms with Crippen molar-refractivity contribution < 1.29 is 14.5 Å². The number of anilines is 1. The molecule has 0 atom stereocenters. The van der Waals surface area contributed by atoms with Gasteiger partial charge in [-0.2, -0.15) is 0 Å². The molecule has 1 amide bonds. The lowest BCUT2D eigenvalue weighted by atomic mass is 9.98. The first-order valence-electron chi connectivity index (χ1n) is 10.7. The number of fused-ring (bicyclic) bond motifs is 2. The van der Waals surface area contributed by atoms with E-state index in [-0.39, 0.29) is 11.7 Å². The van der Waals surface area contributed by atoms with Gasteiger partial charge in [-0.1, -0.05) is 32.0 Å². The fourth-order valence-corrected chi connectivity index (χ4v) is 5.69. The van der Waals surface area contributed by atoms with Crippen LogP contribution < -0.4 is 9.80 Å². The molecule has 1 fully saturated rings. The van der Waals surface area contributed by atoms with E-state index in [0.717, 1.165) is 42.7 Å². The highest BCUT2D eigenvalue weighted by Gasteiger charge is 2.39. The normalized spacial score (nSPS) is 21.6. The molecule has 0 radical (unpaired) electrons. The van der Waals surface area contributed by atoms with Crippen LogP contribution in [0, 0.1) is 0 Å². The molecular formula is C24H26N3O2S+. The van der Waals surface area contributed by atoms with Gasteiger partial charge in [0.15, 0.2) is 6.67 Å². The molecule has 6 heteroatoms. The van der Waals surface area contributed by atoms with Gasteiger partial charge in [0.25, 0.3) is 5.78 Å². The van der Waals surface area contributed by atoms with E-state index in [1.165, 1.54) is 14.6 Å². The van der Waals surface area contributed by atoms with Gasteiger partial charge in [0, 0.05) is 18.8 Å². The number of para-hydroxylation sites is 1. The van der Waals surface area contributed by atoms with Crippen LogP contribution in [0.2, 0.25) is 0 Å². The summed E-state index contributed by atoms with van der Waals surface area (Å²) < 4.78 is 1.25. The first kappa shape index (κ1) is 19.4. The zero-order valence-corrected chi connectivity index (χ0v) is 18.2. The fraction of sp³-hybridized carbons (Fsp3) is 0.375. The molecule has 3 heterocycles. The molecule has 154 valence electrons. The highest BCUT2D eigenvalue weighted by Crippen LogP contribution is 2.33. The van der Waals surface area contributed by atoms with Crippen LogP contribution in [0.4, 0.5) is 5.69 Å². The lowest BCUT2D eigenvalue weighted by Gasteiger charge is -2.31. The molecule has 1 N–H and O–H groups in total. The quantitative estimate of drug-likeness (QED) is 0.659. The Labute approximate surface area is 180 Å². The number of rotatable bonds is 4. The van der Waals surface area contributed by atoms with Crippen LogP contribution in [0.15, 0.2) is 42.5 Å². The Morgan fingerprint density at radius 2 is 1.90 bits per heavy atom. The fourth-order valence-electron chi connectivity index (χ4n) is 4.55. The SMILES string of the molecule is CC(C)c1ccc2c(c1)C(=O)C(=O)N2C[NH+]1CCC(c2nc3ccccc3s2)CC1. The molecular weight excluding hydrogens is 394 g/mol. The predicted octanol–water partition coefficient (Wildman–Crippen LogP) is 3.37. The maximum Gasteiger partial charge on any atom is 0.303 e. The number of ketones is 1. The van der Waals surface area contributed by atoms with Gasteiger partial charge in [-0.25, -0.2) is 4.98 Å². The van der Waals surface area contributed by atoms with Crippen LogP contribution in [0.3, 0.4) is 0 Å². The molecule has 5 nitrogen and oxygen atoms in total. The first-order valence-corrected chi connectivity index (χ1v) is 11.5. The van der Waals surface area contributed by atoms with Crippen LogP contribution in [-0.4, -0.2) is 36.4 Å². The van der Waals surface area contributed by atoms with E-state index in [1.54, 1.807) is 16.2 Å². The molecule has 0 bridgehead atoms. The molecule has 1 aromatic heterocycles. The highest BCUT2D eigenvalue weighted by atomic mass is 32.1. The van der Waals surface area contributed by atoms with E-state index in [1.807, 2.05) is 24.3 Å². The van der Waals surface area contributed by atoms with Crippen molar-refractivity contribution in [2.75, 3.05) is 24.7 Å². The summed E-state index contributed by atoms with van der Waals surface area (Å²) in [6.45, 7) is 6.72. The van der Waals surface area contributed by atoms with E-state index < -0.39 is 0 Å². The first-order chi connectivity index (χ1) is 14.5. The number of hydrogen-bond donors (Lipinski definition) is 1. The Kier molecular flexibility index (Phi) is 4.91. The molecule has 5 rings (SSSR count). The largest absolute Gasteiger partial charge is 0.317 e. The number of amides is 1. The standard InChI is InChI=1S/C24H25N3O2S/c1-15(2)17-7-8-20-18(13-17)22(28)24(29)27(20)14-26-11-9-16(10-12-26)23-25-19-5-3-4-6-21(19)30-23/h3-8,13,15-16H,9-12,14H2,1-2H3/p+1. The number of likely N-dealkylation sites (tertiary alicyclic amines) is 1. The van der Waals surface area contributed by atoms with Gasteiger partial charge in [-0.3, -0.25) is 14.5 Å². The van der Waals surface area contributed by atoms with E-state index in [4.69, 9.17) is 4.98 Å². The average Bonchev–Trinajstić information content (AvgIpc) is 3.29. The maximum atomic E-state index is 12.7. The smallest absolute Gasteiger partial charge is 0.303 e. The summed E-state index contributed by atoms with van der Waals surface area (Å²) in [5.41, 5.74) is 3.52. The minimum atomic E-state index is -0.383. The Morgan fingerprint density at radius 3 is 2.63 bits per heavy atom. The maximum absolute atomic E-state index is 12.7. The second-order valence-corrected chi connectivity index (χ2v) is 9.76. The number of carbonyl (C=O) groups excluding carboxylic acids is 2. The molecule has 2 aliphatic rings. The zero-order valence-electron chi connectivity index (χ0n) is 17.4. The van der Waals surface area contributed by atoms with Crippen LogP contribution in [-0.2, 0) is 4.79 Å². The number of piperidine rings is 1. The van der Waals surface area contributed by atoms with Crippen molar-refractivity contribution in [3.63, 3.8) is 0 Å². The van der Waals surface area contributed by atoms with E-state index in [2.05, 4.69) is 32.0 Å². The van der Waals surface area contributed by atoms with Crippen molar-refractivity contribution in [1.29, 1.82) is 0 Å². The Hall–Kier alpha value is -2.57. The lowest BCUT2D eigenvalue weighted by Crippen LogP contribution is -3.14. The van der Waals surface area contributed by atoms with Gasteiger partial charge in [0.05, 0.1) is 39.6 Å². The third-order valence-corrected chi connectivity index (χ3v) is 7.60. The summed E-state index contributed by atoms with van der Waals surface area (Å²) in [6, 6.07) is 14.2. The number of hydrogen-bond acceptors (Lipinski definition) is 4. The Bertz CT molecular complexity index is 1100. The van der Waals surface area contributed by atoms with Gasteiger partial charge >= 0.3 is 5.91 Å². The number of nitrogens with one attached hydrogen (secondary N) is 1. The third-order valence-electron chi connectivity index (χ3n) is 6.40. The van der Waals surface area contributed by atoms with Gasteiger partial charge in [0.2, 0.25) is 0 Å². The number of Topliss-reactive ketones (excluding diaryl/α,β-unsaturated/α-hetero) is 1. The lowest BCUT2D eigenvalue weighted by molar-refractivity contribution is -0.904. The van der Waals surface area contributed by atoms with Crippen molar-refractivity contribution in [3.8, 4) is 0 Å². The van der Waals surface area contributed by atoms with E-state index >= 15 is 0 Å². The number of thiazole rings is 1. The van der Waals surface area contributed by atoms with Crippen molar-refractivity contribution in [2.24, 2.45) is 0 Å². The molecule has 30 heavy (non-hydrogen) atoms. The summed E-state index contributed by atoms with van der Waals surface area (Å²) in [5, 5.41) is 1.23. The number of quaternary nitrogens is 1. The minimum absolute atomic E-state index is 0.333. The van der Waals surface area contributed by atoms with Crippen LogP contribution in [0.5, 0.6) is 0 Å². The van der Waals surface area contributed by atoms with E-state index in [0.29, 0.717) is 24.1 Å². The van der Waals surface area contributed by atoms with Crippen molar-refractivity contribution in [3.05, 3.63) is 58.6 Å². The van der Waals surface area contributed by atoms with Crippen molar-refractivity contribution >= 4 is 38.9 Å². The molecule has 1 saturated heterocycles. The highest BCUT2D eigenvalue weighted by molar-refractivity contribution is 7.18. The van der Waals surface area contributed by atoms with Crippen LogP contribution in [0.1, 0.15) is 59.5 Å². The molecule has 2 aliphatic heterocycles. The summed E-state index contributed by atoms with van der Waals surface area (Å²) in [7, 11) is 0. The summed E-state index contributed by atoms with van der Waals surface area (Å²) in [6.07, 6.45) is 2.12. The van der Waals surface area contributed by atoms with Crippen LogP contribution in [0.25, 0.3) is 10.2 Å². The van der Waals surface area contributed by atoms with Gasteiger partial charge < -0.3 is 4.90 Å². The van der Waals surface area contributed by atoms with Gasteiger partial charge in [0.1, 0.15) is 0 Å². The number of aromatic nitrogens is 1. The van der Waals surface area contributed by atoms with Gasteiger partial charge in [-0.05, 0) is 35.7 Å². The third kappa shape index (κ3) is 3.34. The summed E-state index contributed by atoms with van der Waals surface area (Å²) in [5.74, 6) is 0.0744. The second-order valence-electron chi connectivity index (χ2n) is 8.70. The second kappa shape index (κ2) is 7.60. The molecule has 0 saturated carbocycles. The number of benzene rings is 2. The van der Waals surface area contributed by atoms with Crippen LogP contribution >= 0.6 is 11.3 Å². The Balaban J connectivity index is 1.28. The monoisotopic (exact) mass is 420 g/mol. The number of nitrogens with zero attached hydrogens (tertiary/aromatic N) is 2. The molecule has 0 aliphatic carbocycles. The molecule has 0 spiro atoms. The molecule has 0 unspecified atom stereocenters. The van der Waals surface area contributed by atoms with Crippen molar-refractivity contribution in [1.82, 2.24) is 4.98 Å². The minimum Gasteiger partial charge on any atom is -0.317 e. The zero-order chi connectivity index (χ0) is 20.8.